The van der Waals surface area contributed by atoms with Crippen molar-refractivity contribution in [2.45, 2.75) is 260 Å². The van der Waals surface area contributed by atoms with Gasteiger partial charge in [-0.1, -0.05) is 116 Å². The number of carboxylic acid groups (broad SMARTS) is 2. The molecule has 0 radical (unpaired) electrons. The highest BCUT2D eigenvalue weighted by Gasteiger charge is 2.47. The molecule has 592 valence electrons. The first kappa shape index (κ1) is 94.4. The van der Waals surface area contributed by atoms with Crippen LogP contribution in [0.2, 0.25) is 0 Å². The molecule has 1 heterocycles. The summed E-state index contributed by atoms with van der Waals surface area (Å²) in [7, 11) is 9.83. The average Bonchev–Trinajstić information content (AvgIpc) is 0.810. The number of unbranched alkanes of at least 4 members (excludes halogenated alkanes) is 4. The normalized spacial score (nSPS) is 24.9. The zero-order valence-electron chi connectivity index (χ0n) is 66.3. The summed E-state index contributed by atoms with van der Waals surface area (Å²) in [5.74, 6) is -12.6. The van der Waals surface area contributed by atoms with Crippen molar-refractivity contribution < 1.29 is 82.8 Å². The number of thioether (sulfide) groups is 1. The molecule has 0 aromatic carbocycles. The predicted octanol–water partition coefficient (Wildman–Crippen LogP) is 3.60. The lowest BCUT2D eigenvalue weighted by Crippen LogP contribution is -2.64. The molecule has 0 aromatic rings. The molecule has 0 bridgehead atoms. The summed E-state index contributed by atoms with van der Waals surface area (Å²) in [5.41, 5.74) is 0. The molecule has 0 spiro atoms. The van der Waals surface area contributed by atoms with Gasteiger partial charge in [0.15, 0.2) is 0 Å². The second-order valence-electron chi connectivity index (χ2n) is 30.7. The van der Waals surface area contributed by atoms with Crippen molar-refractivity contribution in [3.05, 3.63) is 0 Å². The SMILES string of the molecule is CC[C@@H]1NC(=O)[C@H]([C@H](O)[C@H](C)CCCCCCN(CC(=O)O)CC(=O)O)N(C)C(=O)[C@H](C(C)C)N(C)C(=O)[C@H](CC(C)C)N(C)C(=O)[C@H](CC(C)C)N(C)C(=O)[C@@H](C)NC(=O)[C@H](C)NC(=O)[C@H](CC(C)C)N(C)C(=O)[C@H](C(C)C)NC(=O)[C@H](CC(C)C)N(C)C(=O)[C@@H](CSCCCCO)N(C)C1=O. The fraction of sp³-hybridized carbons (Fsp3) is 0.822. The zero-order chi connectivity index (χ0) is 79.4. The van der Waals surface area contributed by atoms with Crippen LogP contribution >= 0.6 is 11.8 Å². The molecule has 8 N–H and O–H groups in total. The Morgan fingerprint density at radius 2 is 0.864 bits per heavy atom. The molecule has 0 aliphatic carbocycles. The van der Waals surface area contributed by atoms with Crippen molar-refractivity contribution in [2.75, 3.05) is 87.1 Å². The number of nitrogens with zero attached hydrogens (tertiary/aromatic N) is 8. The van der Waals surface area contributed by atoms with Gasteiger partial charge in [0.25, 0.3) is 0 Å². The van der Waals surface area contributed by atoms with Gasteiger partial charge in [0.2, 0.25) is 65.0 Å². The molecule has 13 atom stereocenters. The van der Waals surface area contributed by atoms with Crippen molar-refractivity contribution in [3.8, 4) is 0 Å². The Kier molecular flexibility index (Phi) is 41.8. The van der Waals surface area contributed by atoms with Gasteiger partial charge >= 0.3 is 11.9 Å². The Balaban J connectivity index is 4.52. The van der Waals surface area contributed by atoms with Crippen LogP contribution in [0, 0.1) is 41.4 Å². The number of aliphatic hydroxyl groups excluding tert-OH is 2. The van der Waals surface area contributed by atoms with Crippen molar-refractivity contribution in [3.63, 3.8) is 0 Å². The largest absolute Gasteiger partial charge is 0.480 e. The molecular weight excluding hydrogens is 1350 g/mol. The second kappa shape index (κ2) is 45.6. The topological polar surface area (TPSA) is 377 Å². The van der Waals surface area contributed by atoms with Gasteiger partial charge in [0.05, 0.1) is 19.2 Å². The van der Waals surface area contributed by atoms with E-state index in [4.69, 9.17) is 0 Å². The predicted molar refractivity (Wildman–Crippen MR) is 396 cm³/mol. The van der Waals surface area contributed by atoms with Crippen LogP contribution in [-0.2, 0) is 62.3 Å². The molecule has 1 fully saturated rings. The lowest BCUT2D eigenvalue weighted by Gasteiger charge is -2.41. The molecule has 1 saturated heterocycles. The van der Waals surface area contributed by atoms with E-state index >= 15 is 28.8 Å². The zero-order valence-corrected chi connectivity index (χ0v) is 67.1. The Hall–Kier alpha value is -6.66. The smallest absolute Gasteiger partial charge is 0.317 e. The molecule has 29 nitrogen and oxygen atoms in total. The Morgan fingerprint density at radius 1 is 0.447 bits per heavy atom. The van der Waals surface area contributed by atoms with E-state index in [1.54, 1.807) is 41.5 Å². The van der Waals surface area contributed by atoms with E-state index in [0.29, 0.717) is 50.7 Å². The van der Waals surface area contributed by atoms with Crippen LogP contribution in [0.5, 0.6) is 0 Å². The number of rotatable bonds is 30. The van der Waals surface area contributed by atoms with Gasteiger partial charge in [0, 0.05) is 61.7 Å². The minimum Gasteiger partial charge on any atom is -0.480 e. The van der Waals surface area contributed by atoms with Crippen molar-refractivity contribution in [1.29, 1.82) is 0 Å². The first-order chi connectivity index (χ1) is 47.8. The van der Waals surface area contributed by atoms with Crippen LogP contribution in [0.25, 0.3) is 0 Å². The summed E-state index contributed by atoms with van der Waals surface area (Å²) in [5, 5.41) is 52.0. The number of nitrogens with one attached hydrogen (secondary N) is 4. The number of aliphatic hydroxyl groups is 2. The summed E-state index contributed by atoms with van der Waals surface area (Å²) >= 11 is 1.33. The quantitative estimate of drug-likeness (QED) is 0.0476. The fourth-order valence-corrected chi connectivity index (χ4v) is 14.1. The fourth-order valence-electron chi connectivity index (χ4n) is 12.9. The van der Waals surface area contributed by atoms with E-state index in [9.17, 15) is 54.0 Å². The van der Waals surface area contributed by atoms with E-state index < -0.39 is 180 Å². The van der Waals surface area contributed by atoms with Crippen LogP contribution in [-0.4, -0.2) is 296 Å². The number of aliphatic carboxylic acids is 2. The van der Waals surface area contributed by atoms with Crippen molar-refractivity contribution in [2.24, 2.45) is 41.4 Å². The van der Waals surface area contributed by atoms with Crippen LogP contribution in [0.15, 0.2) is 0 Å². The second-order valence-corrected chi connectivity index (χ2v) is 31.9. The first-order valence-corrected chi connectivity index (χ1v) is 38.1. The lowest BCUT2D eigenvalue weighted by molar-refractivity contribution is -0.157. The molecule has 1 aliphatic heterocycles. The highest BCUT2D eigenvalue weighted by molar-refractivity contribution is 7.99. The summed E-state index contributed by atoms with van der Waals surface area (Å²) < 4.78 is 0. The Labute approximate surface area is 618 Å². The van der Waals surface area contributed by atoms with E-state index in [1.165, 1.54) is 109 Å². The van der Waals surface area contributed by atoms with Crippen LogP contribution in [0.1, 0.15) is 188 Å². The van der Waals surface area contributed by atoms with Gasteiger partial charge in [-0.25, -0.2) is 0 Å². The molecule has 0 saturated carbocycles. The third-order valence-electron chi connectivity index (χ3n) is 19.2. The van der Waals surface area contributed by atoms with Crippen LogP contribution in [0.3, 0.4) is 0 Å². The minimum absolute atomic E-state index is 0.00866. The molecule has 103 heavy (non-hydrogen) atoms. The molecule has 30 heteroatoms. The Morgan fingerprint density at radius 3 is 1.33 bits per heavy atom. The summed E-state index contributed by atoms with van der Waals surface area (Å²) in [4.78, 5) is 198. The van der Waals surface area contributed by atoms with Gasteiger partial charge in [-0.2, -0.15) is 11.8 Å². The van der Waals surface area contributed by atoms with Gasteiger partial charge in [0.1, 0.15) is 66.5 Å². The summed E-state index contributed by atoms with van der Waals surface area (Å²) in [6.07, 6.45) is 2.07. The van der Waals surface area contributed by atoms with Gasteiger partial charge < -0.3 is 76.0 Å². The average molecular weight is 1480 g/mol. The standard InChI is InChI=1S/C73H132N12O17S/c1-24-51-68(97)82(21)56(41-103-34-30-29-33-86)71(100)78(17)53(36-43(4)5)65(94)77-59(46(10)11)72(101)79(18)52(35-42(2)3)64(93)74-49(15)63(92)75-50(16)67(96)80(19)54(37-44(6)7)69(98)81(20)55(38-45(8)9)70(99)83(22)60(47(12)13)73(102)84(23)61(66(95)76-51)62(91)48(14)31-27-25-26-28-32-85(39-57(87)88)40-58(89)90/h42-56,59-62,86,91H,24-41H2,1-23H3,(H,74,93)(H,75,92)(H,76,95)(H,77,94)(H,87,88)(H,89,90)/t48-,49+,50-,51+,52+,53+,54+,55+,56-,59+,60+,61+,62-/m1/s1. The summed E-state index contributed by atoms with van der Waals surface area (Å²) in [6.45, 7) is 27.0. The van der Waals surface area contributed by atoms with Crippen LogP contribution in [0.4, 0.5) is 0 Å². The third kappa shape index (κ3) is 29.7. The highest BCUT2D eigenvalue weighted by Crippen LogP contribution is 2.27. The molecule has 1 rings (SSSR count). The van der Waals surface area contributed by atoms with Crippen molar-refractivity contribution in [1.82, 2.24) is 60.5 Å². The molecule has 11 amide bonds. The number of carboxylic acids is 2. The molecule has 1 aliphatic rings. The number of carbonyl (C=O) groups excluding carboxylic acids is 11. The van der Waals surface area contributed by atoms with Crippen LogP contribution < -0.4 is 21.3 Å². The molecule has 0 unspecified atom stereocenters. The van der Waals surface area contributed by atoms with E-state index in [1.807, 2.05) is 55.4 Å². The number of likely N-dealkylation sites (N-methyl/N-ethyl adjacent to an activating group) is 7. The third-order valence-corrected chi connectivity index (χ3v) is 20.3. The number of hydrogen-bond acceptors (Lipinski definition) is 17. The lowest BCUT2D eigenvalue weighted by atomic mass is 9.90. The van der Waals surface area contributed by atoms with E-state index in [2.05, 4.69) is 21.3 Å². The monoisotopic (exact) mass is 1480 g/mol. The maximum absolute atomic E-state index is 15.6. The molecular formula is C73H132N12O17S. The van der Waals surface area contributed by atoms with E-state index in [-0.39, 0.29) is 74.7 Å². The summed E-state index contributed by atoms with van der Waals surface area (Å²) in [6, 6.07) is -14.4. The van der Waals surface area contributed by atoms with E-state index in [0.717, 1.165) is 4.90 Å². The van der Waals surface area contributed by atoms with Gasteiger partial charge in [-0.05, 0) is 125 Å². The maximum Gasteiger partial charge on any atom is 0.317 e. The number of hydrogen-bond donors (Lipinski definition) is 8. The van der Waals surface area contributed by atoms with Gasteiger partial charge in [-0.15, -0.1) is 0 Å². The highest BCUT2D eigenvalue weighted by atomic mass is 32.2. The Bertz CT molecular complexity index is 2780. The number of amides is 11. The maximum atomic E-state index is 15.6. The number of carbonyl (C=O) groups is 13. The van der Waals surface area contributed by atoms with Gasteiger partial charge in [-0.3, -0.25) is 67.2 Å². The minimum atomic E-state index is -1.74. The van der Waals surface area contributed by atoms with Crippen molar-refractivity contribution >= 4 is 88.7 Å². The molecule has 0 aromatic heterocycles. The first-order valence-electron chi connectivity index (χ1n) is 36.9.